The van der Waals surface area contributed by atoms with Crippen molar-refractivity contribution in [1.29, 1.82) is 0 Å². The van der Waals surface area contributed by atoms with E-state index >= 15 is 0 Å². The zero-order valence-electron chi connectivity index (χ0n) is 15.7. The van der Waals surface area contributed by atoms with E-state index in [0.717, 1.165) is 0 Å². The maximum atomic E-state index is 13.0. The lowest BCUT2D eigenvalue weighted by atomic mass is 10.1. The van der Waals surface area contributed by atoms with Crippen LogP contribution in [0.25, 0.3) is 17.4 Å². The molecule has 0 aliphatic carbocycles. The number of para-hydroxylation sites is 1. The van der Waals surface area contributed by atoms with Gasteiger partial charge in [-0.3, -0.25) is 19.8 Å². The number of amides is 2. The number of anilines is 1. The van der Waals surface area contributed by atoms with Crippen molar-refractivity contribution in [2.75, 3.05) is 4.90 Å². The monoisotopic (exact) mass is 452 g/mol. The Bertz CT molecular complexity index is 1270. The van der Waals surface area contributed by atoms with Gasteiger partial charge < -0.3 is 9.52 Å². The van der Waals surface area contributed by atoms with Crippen LogP contribution >= 0.6 is 23.8 Å². The van der Waals surface area contributed by atoms with E-state index in [1.54, 1.807) is 48.5 Å². The number of rotatable bonds is 4. The second-order valence-corrected chi connectivity index (χ2v) is 7.29. The summed E-state index contributed by atoms with van der Waals surface area (Å²) in [4.78, 5) is 37.9. The first-order valence-electron chi connectivity index (χ1n) is 8.94. The summed E-state index contributed by atoms with van der Waals surface area (Å²) in [5.41, 5.74) is 0.786. The molecule has 1 aliphatic heterocycles. The topological polar surface area (TPSA) is 99.9 Å². The molecular formula is C22H13ClN2O5S. The number of carbonyl (C=O) groups excluding carboxylic acids is 2. The smallest absolute Gasteiger partial charge is 0.337 e. The van der Waals surface area contributed by atoms with E-state index in [1.165, 1.54) is 23.1 Å². The minimum Gasteiger partial charge on any atom is -0.478 e. The molecule has 0 spiro atoms. The number of carbonyl (C=O) groups is 3. The van der Waals surface area contributed by atoms with Crippen molar-refractivity contribution in [2.24, 2.45) is 0 Å². The fourth-order valence-electron chi connectivity index (χ4n) is 3.04. The minimum absolute atomic E-state index is 0.0131. The first-order chi connectivity index (χ1) is 14.8. The number of carboxylic acid groups (broad SMARTS) is 1. The van der Waals surface area contributed by atoms with E-state index in [9.17, 15) is 19.5 Å². The molecule has 1 aromatic heterocycles. The van der Waals surface area contributed by atoms with Gasteiger partial charge in [0.2, 0.25) is 0 Å². The quantitative estimate of drug-likeness (QED) is 0.351. The normalized spacial score (nSPS) is 15.3. The number of carboxylic acids is 1. The summed E-state index contributed by atoms with van der Waals surface area (Å²) in [6.45, 7) is 0. The molecule has 2 N–H and O–H groups in total. The summed E-state index contributed by atoms with van der Waals surface area (Å²) in [5, 5.41) is 11.8. The summed E-state index contributed by atoms with van der Waals surface area (Å²) in [6.07, 6.45) is 1.31. The van der Waals surface area contributed by atoms with Gasteiger partial charge in [0, 0.05) is 5.56 Å². The Kier molecular flexibility index (Phi) is 5.41. The maximum Gasteiger partial charge on any atom is 0.337 e. The van der Waals surface area contributed by atoms with E-state index in [1.807, 2.05) is 0 Å². The number of benzene rings is 2. The molecule has 0 unspecified atom stereocenters. The fraction of sp³-hybridized carbons (Fsp3) is 0. The lowest BCUT2D eigenvalue weighted by molar-refractivity contribution is -0.122. The molecule has 0 saturated carbocycles. The van der Waals surface area contributed by atoms with E-state index in [0.29, 0.717) is 17.0 Å². The average molecular weight is 453 g/mol. The molecule has 2 aromatic carbocycles. The van der Waals surface area contributed by atoms with E-state index in [2.05, 4.69) is 5.32 Å². The number of nitrogens with zero attached hydrogens (tertiary/aromatic N) is 1. The molecule has 154 valence electrons. The van der Waals surface area contributed by atoms with Gasteiger partial charge >= 0.3 is 5.97 Å². The third kappa shape index (κ3) is 3.98. The molecule has 0 bridgehead atoms. The molecule has 4 rings (SSSR count). The number of nitrogens with one attached hydrogen (secondary N) is 1. The van der Waals surface area contributed by atoms with Crippen molar-refractivity contribution in [3.63, 3.8) is 0 Å². The molecule has 3 aromatic rings. The number of hydrogen-bond donors (Lipinski definition) is 2. The first kappa shape index (κ1) is 20.5. The SMILES string of the molecule is O=C1NC(=S)N(c2ccccc2)C(=O)/C1=C/c1ccc(-c2ccc(Cl)c(C(=O)O)c2)o1. The van der Waals surface area contributed by atoms with E-state index in [4.69, 9.17) is 28.2 Å². The Balaban J connectivity index is 1.67. The predicted molar refractivity (Wildman–Crippen MR) is 119 cm³/mol. The highest BCUT2D eigenvalue weighted by atomic mass is 35.5. The second-order valence-electron chi connectivity index (χ2n) is 6.50. The van der Waals surface area contributed by atoms with Gasteiger partial charge in [-0.1, -0.05) is 29.8 Å². The minimum atomic E-state index is -1.16. The average Bonchev–Trinajstić information content (AvgIpc) is 3.20. The number of furan rings is 1. The van der Waals surface area contributed by atoms with Gasteiger partial charge in [-0.25, -0.2) is 4.79 Å². The molecule has 1 fully saturated rings. The van der Waals surface area contributed by atoms with Crippen LogP contribution in [0.15, 0.2) is 70.7 Å². The van der Waals surface area contributed by atoms with Crippen molar-refractivity contribution in [3.8, 4) is 11.3 Å². The van der Waals surface area contributed by atoms with Crippen LogP contribution in [0, 0.1) is 0 Å². The van der Waals surface area contributed by atoms with Gasteiger partial charge in [-0.2, -0.15) is 0 Å². The highest BCUT2D eigenvalue weighted by molar-refractivity contribution is 7.80. The van der Waals surface area contributed by atoms with Gasteiger partial charge in [-0.15, -0.1) is 0 Å². The van der Waals surface area contributed by atoms with Gasteiger partial charge in [0.15, 0.2) is 5.11 Å². The summed E-state index contributed by atoms with van der Waals surface area (Å²) < 4.78 is 5.72. The largest absolute Gasteiger partial charge is 0.478 e. The molecule has 0 atom stereocenters. The van der Waals surface area contributed by atoms with Crippen LogP contribution < -0.4 is 10.2 Å². The molecular weight excluding hydrogens is 440 g/mol. The molecule has 1 saturated heterocycles. The number of aromatic carboxylic acids is 1. The Labute approximate surface area is 186 Å². The van der Waals surface area contributed by atoms with Crippen molar-refractivity contribution in [3.05, 3.63) is 82.6 Å². The Morgan fingerprint density at radius 2 is 1.84 bits per heavy atom. The zero-order valence-corrected chi connectivity index (χ0v) is 17.2. The van der Waals surface area contributed by atoms with Crippen molar-refractivity contribution >= 4 is 58.5 Å². The van der Waals surface area contributed by atoms with Gasteiger partial charge in [0.1, 0.15) is 17.1 Å². The maximum absolute atomic E-state index is 13.0. The zero-order chi connectivity index (χ0) is 22.1. The molecule has 9 heteroatoms. The molecule has 2 heterocycles. The Morgan fingerprint density at radius 3 is 2.55 bits per heavy atom. The highest BCUT2D eigenvalue weighted by Crippen LogP contribution is 2.28. The highest BCUT2D eigenvalue weighted by Gasteiger charge is 2.34. The van der Waals surface area contributed by atoms with E-state index < -0.39 is 17.8 Å². The summed E-state index contributed by atoms with van der Waals surface area (Å²) in [5.74, 6) is -1.80. The number of thiocarbonyl (C=S) groups is 1. The van der Waals surface area contributed by atoms with Crippen LogP contribution in [0.4, 0.5) is 5.69 Å². The lowest BCUT2D eigenvalue weighted by Gasteiger charge is -2.28. The van der Waals surface area contributed by atoms with Gasteiger partial charge in [0.05, 0.1) is 16.3 Å². The molecule has 31 heavy (non-hydrogen) atoms. The third-order valence-corrected chi connectivity index (χ3v) is 5.12. The van der Waals surface area contributed by atoms with Crippen LogP contribution in [0.1, 0.15) is 16.1 Å². The first-order valence-corrected chi connectivity index (χ1v) is 9.73. The van der Waals surface area contributed by atoms with E-state index in [-0.39, 0.29) is 27.0 Å². The predicted octanol–water partition coefficient (Wildman–Crippen LogP) is 4.13. The number of halogens is 1. The van der Waals surface area contributed by atoms with Crippen LogP contribution in [0.3, 0.4) is 0 Å². The second kappa shape index (κ2) is 8.17. The summed E-state index contributed by atoms with van der Waals surface area (Å²) in [7, 11) is 0. The molecule has 0 radical (unpaired) electrons. The third-order valence-electron chi connectivity index (χ3n) is 4.51. The number of hydrogen-bond acceptors (Lipinski definition) is 5. The Morgan fingerprint density at radius 1 is 1.10 bits per heavy atom. The Hall–Kier alpha value is -3.75. The van der Waals surface area contributed by atoms with Crippen LogP contribution in [0.5, 0.6) is 0 Å². The van der Waals surface area contributed by atoms with Gasteiger partial charge in [0.25, 0.3) is 11.8 Å². The van der Waals surface area contributed by atoms with Crippen molar-refractivity contribution < 1.29 is 23.9 Å². The fourth-order valence-corrected chi connectivity index (χ4v) is 3.52. The molecule has 7 nitrogen and oxygen atoms in total. The molecule has 2 amide bonds. The lowest BCUT2D eigenvalue weighted by Crippen LogP contribution is -2.54. The summed E-state index contributed by atoms with van der Waals surface area (Å²) in [6, 6.07) is 16.3. The summed E-state index contributed by atoms with van der Waals surface area (Å²) >= 11 is 11.1. The molecule has 1 aliphatic rings. The van der Waals surface area contributed by atoms with Crippen molar-refractivity contribution in [2.45, 2.75) is 0 Å². The van der Waals surface area contributed by atoms with Crippen molar-refractivity contribution in [1.82, 2.24) is 5.32 Å². The van der Waals surface area contributed by atoms with Crippen LogP contribution in [0.2, 0.25) is 5.02 Å². The van der Waals surface area contributed by atoms with Crippen LogP contribution in [-0.4, -0.2) is 28.0 Å². The standard InChI is InChI=1S/C22H13ClN2O5S/c23-17-8-6-12(10-15(17)21(28)29)18-9-7-14(30-18)11-16-19(26)24-22(31)25(20(16)27)13-4-2-1-3-5-13/h1-11H,(H,28,29)(H,24,26,31)/b16-11+. The van der Waals surface area contributed by atoms with Crippen LogP contribution in [-0.2, 0) is 9.59 Å². The van der Waals surface area contributed by atoms with Gasteiger partial charge in [-0.05, 0) is 60.8 Å².